The van der Waals surface area contributed by atoms with Gasteiger partial charge in [-0.2, -0.15) is 0 Å². The summed E-state index contributed by atoms with van der Waals surface area (Å²) in [5.41, 5.74) is 1.74. The maximum Gasteiger partial charge on any atom is 0.307 e. The second kappa shape index (κ2) is 5.69. The highest BCUT2D eigenvalue weighted by atomic mass is 16.4. The van der Waals surface area contributed by atoms with E-state index in [9.17, 15) is 14.7 Å². The maximum absolute atomic E-state index is 12.2. The number of carbonyl (C=O) groups excluding carboxylic acids is 1. The van der Waals surface area contributed by atoms with E-state index in [2.05, 4.69) is 5.32 Å². The zero-order valence-electron chi connectivity index (χ0n) is 10.8. The molecule has 0 aliphatic heterocycles. The largest absolute Gasteiger partial charge is 0.481 e. The number of nitrogens with one attached hydrogen (secondary N) is 1. The Bertz CT molecular complexity index is 507. The molecule has 4 nitrogen and oxygen atoms in total. The number of amides is 1. The lowest BCUT2D eigenvalue weighted by Crippen LogP contribution is -2.35. The van der Waals surface area contributed by atoms with Crippen LogP contribution in [0.2, 0.25) is 0 Å². The van der Waals surface area contributed by atoms with Gasteiger partial charge in [0.15, 0.2) is 0 Å². The van der Waals surface area contributed by atoms with Crippen LogP contribution in [0.25, 0.3) is 0 Å². The zero-order chi connectivity index (χ0) is 13.8. The molecule has 2 unspecified atom stereocenters. The molecule has 100 valence electrons. The summed E-state index contributed by atoms with van der Waals surface area (Å²) in [6.07, 6.45) is 2.89. The highest BCUT2D eigenvalue weighted by Crippen LogP contribution is 2.30. The number of carboxylic acid groups (broad SMARTS) is 1. The van der Waals surface area contributed by atoms with Gasteiger partial charge in [0.05, 0.1) is 11.8 Å². The van der Waals surface area contributed by atoms with E-state index in [-0.39, 0.29) is 5.91 Å². The van der Waals surface area contributed by atoms with Crippen LogP contribution in [0.15, 0.2) is 42.0 Å². The Morgan fingerprint density at radius 2 is 1.89 bits per heavy atom. The van der Waals surface area contributed by atoms with E-state index in [1.165, 1.54) is 0 Å². The van der Waals surface area contributed by atoms with E-state index in [0.717, 1.165) is 5.57 Å². The normalized spacial score (nSPS) is 22.5. The van der Waals surface area contributed by atoms with Crippen LogP contribution in [0.4, 0.5) is 5.69 Å². The van der Waals surface area contributed by atoms with E-state index in [0.29, 0.717) is 18.5 Å². The summed E-state index contributed by atoms with van der Waals surface area (Å²) in [5.74, 6) is -2.25. The molecule has 2 N–H and O–H groups in total. The summed E-state index contributed by atoms with van der Waals surface area (Å²) in [5, 5.41) is 12.0. The molecule has 0 fully saturated rings. The fourth-order valence-electron chi connectivity index (χ4n) is 2.37. The molecule has 2 rings (SSSR count). The fraction of sp³-hybridized carbons (Fsp3) is 0.333. The van der Waals surface area contributed by atoms with Crippen LogP contribution < -0.4 is 5.32 Å². The molecule has 4 heteroatoms. The fourth-order valence-corrected chi connectivity index (χ4v) is 2.37. The average molecular weight is 259 g/mol. The maximum atomic E-state index is 12.2. The summed E-state index contributed by atoms with van der Waals surface area (Å²) < 4.78 is 0. The van der Waals surface area contributed by atoms with Gasteiger partial charge in [0.2, 0.25) is 5.91 Å². The Kier molecular flexibility index (Phi) is 4.00. The van der Waals surface area contributed by atoms with E-state index in [1.54, 1.807) is 12.1 Å². The van der Waals surface area contributed by atoms with Gasteiger partial charge in [0.25, 0.3) is 0 Å². The predicted molar refractivity (Wildman–Crippen MR) is 72.7 cm³/mol. The lowest BCUT2D eigenvalue weighted by Gasteiger charge is -2.26. The van der Waals surface area contributed by atoms with Gasteiger partial charge in [-0.3, -0.25) is 9.59 Å². The Hall–Kier alpha value is -2.10. The lowest BCUT2D eigenvalue weighted by molar-refractivity contribution is -0.146. The van der Waals surface area contributed by atoms with E-state index in [4.69, 9.17) is 0 Å². The summed E-state index contributed by atoms with van der Waals surface area (Å²) in [4.78, 5) is 23.4. The lowest BCUT2D eigenvalue weighted by atomic mass is 9.79. The van der Waals surface area contributed by atoms with Gasteiger partial charge in [0.1, 0.15) is 0 Å². The number of rotatable bonds is 3. The summed E-state index contributed by atoms with van der Waals surface area (Å²) in [6.45, 7) is 1.90. The van der Waals surface area contributed by atoms with Crippen LogP contribution in [-0.2, 0) is 9.59 Å². The van der Waals surface area contributed by atoms with Crippen LogP contribution in [0.1, 0.15) is 19.8 Å². The Morgan fingerprint density at radius 3 is 2.53 bits per heavy atom. The monoisotopic (exact) mass is 259 g/mol. The van der Waals surface area contributed by atoms with Crippen molar-refractivity contribution in [2.75, 3.05) is 5.32 Å². The number of hydrogen-bond acceptors (Lipinski definition) is 2. The van der Waals surface area contributed by atoms with Crippen molar-refractivity contribution in [3.63, 3.8) is 0 Å². The van der Waals surface area contributed by atoms with Gasteiger partial charge >= 0.3 is 5.97 Å². The molecule has 0 heterocycles. The standard InChI is InChI=1S/C15H17NO3/c1-10-7-8-12(13(9-10)15(18)19)14(17)16-11-5-3-2-4-6-11/h2-7,12-13H,8-9H2,1H3,(H,16,17)(H,18,19). The third-order valence-electron chi connectivity index (χ3n) is 3.44. The topological polar surface area (TPSA) is 66.4 Å². The van der Waals surface area contributed by atoms with Gasteiger partial charge in [-0.05, 0) is 31.9 Å². The van der Waals surface area contributed by atoms with E-state index < -0.39 is 17.8 Å². The van der Waals surface area contributed by atoms with Crippen LogP contribution in [0, 0.1) is 11.8 Å². The molecule has 19 heavy (non-hydrogen) atoms. The molecule has 0 spiro atoms. The molecule has 0 saturated heterocycles. The first-order valence-corrected chi connectivity index (χ1v) is 6.32. The summed E-state index contributed by atoms with van der Waals surface area (Å²) >= 11 is 0. The van der Waals surface area contributed by atoms with Crippen molar-refractivity contribution in [2.24, 2.45) is 11.8 Å². The van der Waals surface area contributed by atoms with Crippen LogP contribution in [0.3, 0.4) is 0 Å². The first-order chi connectivity index (χ1) is 9.08. The quantitative estimate of drug-likeness (QED) is 0.820. The second-order valence-corrected chi connectivity index (χ2v) is 4.90. The number of allylic oxidation sites excluding steroid dienone is 2. The van der Waals surface area contributed by atoms with Gasteiger partial charge < -0.3 is 10.4 Å². The average Bonchev–Trinajstić information content (AvgIpc) is 2.39. The smallest absolute Gasteiger partial charge is 0.307 e. The molecule has 1 aromatic carbocycles. The third-order valence-corrected chi connectivity index (χ3v) is 3.44. The Balaban J connectivity index is 2.11. The number of benzene rings is 1. The van der Waals surface area contributed by atoms with Crippen molar-refractivity contribution in [1.82, 2.24) is 0 Å². The third kappa shape index (κ3) is 3.22. The van der Waals surface area contributed by atoms with Crippen molar-refractivity contribution in [3.8, 4) is 0 Å². The van der Waals surface area contributed by atoms with E-state index in [1.807, 2.05) is 31.2 Å². The SMILES string of the molecule is CC1=CCC(C(=O)Nc2ccccc2)C(C(=O)O)C1. The summed E-state index contributed by atoms with van der Waals surface area (Å²) in [6, 6.07) is 9.10. The van der Waals surface area contributed by atoms with Gasteiger partial charge in [-0.15, -0.1) is 0 Å². The molecule has 1 amide bonds. The number of carboxylic acids is 1. The highest BCUT2D eigenvalue weighted by Gasteiger charge is 2.35. The minimum absolute atomic E-state index is 0.220. The zero-order valence-corrected chi connectivity index (χ0v) is 10.8. The molecule has 0 aromatic heterocycles. The van der Waals surface area contributed by atoms with Crippen LogP contribution >= 0.6 is 0 Å². The molecular weight excluding hydrogens is 242 g/mol. The molecule has 2 atom stereocenters. The number of carbonyl (C=O) groups is 2. The first kappa shape index (κ1) is 13.3. The predicted octanol–water partition coefficient (Wildman–Crippen LogP) is 2.68. The number of para-hydroxylation sites is 1. The highest BCUT2D eigenvalue weighted by molar-refractivity contribution is 5.95. The molecule has 1 aromatic rings. The van der Waals surface area contributed by atoms with Crippen molar-refractivity contribution in [3.05, 3.63) is 42.0 Å². The molecular formula is C15H17NO3. The van der Waals surface area contributed by atoms with Crippen LogP contribution in [0.5, 0.6) is 0 Å². The second-order valence-electron chi connectivity index (χ2n) is 4.90. The van der Waals surface area contributed by atoms with Gasteiger partial charge in [0, 0.05) is 5.69 Å². The minimum atomic E-state index is -0.902. The molecule has 1 aliphatic carbocycles. The Morgan fingerprint density at radius 1 is 1.21 bits per heavy atom. The summed E-state index contributed by atoms with van der Waals surface area (Å²) in [7, 11) is 0. The molecule has 0 radical (unpaired) electrons. The first-order valence-electron chi connectivity index (χ1n) is 6.32. The number of anilines is 1. The Labute approximate surface area is 112 Å². The molecule has 0 bridgehead atoms. The number of hydrogen-bond donors (Lipinski definition) is 2. The van der Waals surface area contributed by atoms with Gasteiger partial charge in [-0.25, -0.2) is 0 Å². The molecule has 1 aliphatic rings. The van der Waals surface area contributed by atoms with Crippen LogP contribution in [-0.4, -0.2) is 17.0 Å². The van der Waals surface area contributed by atoms with Crippen molar-refractivity contribution >= 4 is 17.6 Å². The number of aliphatic carboxylic acids is 1. The van der Waals surface area contributed by atoms with Gasteiger partial charge in [-0.1, -0.05) is 29.8 Å². The van der Waals surface area contributed by atoms with Crippen molar-refractivity contribution in [1.29, 1.82) is 0 Å². The van der Waals surface area contributed by atoms with Crippen molar-refractivity contribution < 1.29 is 14.7 Å². The molecule has 0 saturated carbocycles. The van der Waals surface area contributed by atoms with Crippen molar-refractivity contribution in [2.45, 2.75) is 19.8 Å². The van der Waals surface area contributed by atoms with E-state index >= 15 is 0 Å². The minimum Gasteiger partial charge on any atom is -0.481 e.